The summed E-state index contributed by atoms with van der Waals surface area (Å²) in [4.78, 5) is 0. The second kappa shape index (κ2) is 9.15. The third-order valence-corrected chi connectivity index (χ3v) is 7.14. The molecule has 2 aromatic rings. The Labute approximate surface area is 188 Å². The molecule has 2 aliphatic rings. The van der Waals surface area contributed by atoms with Gasteiger partial charge in [-0.1, -0.05) is 25.5 Å². The second-order valence-corrected chi connectivity index (χ2v) is 9.11. The van der Waals surface area contributed by atoms with Crippen molar-refractivity contribution in [1.29, 1.82) is 0 Å². The molecule has 0 saturated heterocycles. The van der Waals surface area contributed by atoms with E-state index in [4.69, 9.17) is 0 Å². The van der Waals surface area contributed by atoms with Crippen LogP contribution >= 0.6 is 0 Å². The van der Waals surface area contributed by atoms with Gasteiger partial charge in [0, 0.05) is 6.07 Å². The highest BCUT2D eigenvalue weighted by molar-refractivity contribution is 5.39. The van der Waals surface area contributed by atoms with Gasteiger partial charge in [0.2, 0.25) is 0 Å². The minimum atomic E-state index is -5.14. The molecule has 0 heterocycles. The number of hydrogen-bond donors (Lipinski definition) is 0. The van der Waals surface area contributed by atoms with E-state index >= 15 is 0 Å². The Morgan fingerprint density at radius 1 is 0.909 bits per heavy atom. The summed E-state index contributed by atoms with van der Waals surface area (Å²) in [5, 5.41) is 0. The van der Waals surface area contributed by atoms with Crippen LogP contribution in [0.4, 0.5) is 30.7 Å². The predicted molar refractivity (Wildman–Crippen MR) is 112 cm³/mol. The number of unbranched alkanes of at least 4 members (excludes halogenated alkanes) is 1. The first kappa shape index (κ1) is 23.8. The minimum Gasteiger partial charge on any atom is -0.207 e. The van der Waals surface area contributed by atoms with Gasteiger partial charge in [-0.3, -0.25) is 0 Å². The molecule has 2 aliphatic carbocycles. The highest BCUT2D eigenvalue weighted by Crippen LogP contribution is 2.55. The van der Waals surface area contributed by atoms with Crippen LogP contribution in [-0.2, 0) is 12.6 Å². The fourth-order valence-corrected chi connectivity index (χ4v) is 5.83. The molecule has 4 atom stereocenters. The molecule has 2 aromatic carbocycles. The van der Waals surface area contributed by atoms with Crippen LogP contribution in [0.3, 0.4) is 0 Å². The molecule has 0 aromatic heterocycles. The van der Waals surface area contributed by atoms with Gasteiger partial charge in [-0.05, 0) is 90.7 Å². The second-order valence-electron chi connectivity index (χ2n) is 9.11. The highest BCUT2D eigenvalue weighted by Gasteiger charge is 2.44. The lowest BCUT2D eigenvalue weighted by molar-refractivity contribution is -0.142. The van der Waals surface area contributed by atoms with Crippen molar-refractivity contribution < 1.29 is 30.7 Å². The summed E-state index contributed by atoms with van der Waals surface area (Å²) >= 11 is 0. The molecule has 0 spiro atoms. The van der Waals surface area contributed by atoms with Crippen molar-refractivity contribution in [1.82, 2.24) is 0 Å². The van der Waals surface area contributed by atoms with Crippen LogP contribution in [0.5, 0.6) is 0 Å². The highest BCUT2D eigenvalue weighted by atomic mass is 19.4. The van der Waals surface area contributed by atoms with E-state index in [-0.39, 0.29) is 23.3 Å². The zero-order valence-electron chi connectivity index (χ0n) is 18.2. The normalized spacial score (nSPS) is 25.2. The number of allylic oxidation sites excluding steroid dienone is 2. The maximum atomic E-state index is 14.5. The number of fused-ring (bicyclic) bond motifs is 3. The van der Waals surface area contributed by atoms with Gasteiger partial charge in [-0.2, -0.15) is 13.2 Å². The van der Waals surface area contributed by atoms with Gasteiger partial charge in [0.05, 0.1) is 0 Å². The standard InChI is InChI=1S/C26H25F7/c1-2-3-4-5-14-6-7-17-19(9-8-18-20(17)12-16(27)13-21(18)28)24(14)15-10-22(29)25(23(30)11-15)26(31,32)33/h4-5,10-14,17,19,24H,2-3,6-9H2,1H3/t14-,17-,19+,24-/m1/s1. The first-order valence-corrected chi connectivity index (χ1v) is 11.3. The first-order valence-electron chi connectivity index (χ1n) is 11.3. The lowest BCUT2D eigenvalue weighted by Crippen LogP contribution is -2.35. The zero-order chi connectivity index (χ0) is 23.9. The third kappa shape index (κ3) is 4.56. The molecule has 0 bridgehead atoms. The van der Waals surface area contributed by atoms with E-state index in [0.717, 1.165) is 31.0 Å². The average molecular weight is 470 g/mol. The van der Waals surface area contributed by atoms with Crippen molar-refractivity contribution in [2.24, 2.45) is 11.8 Å². The topological polar surface area (TPSA) is 0 Å². The van der Waals surface area contributed by atoms with Crippen molar-refractivity contribution in [2.45, 2.75) is 63.5 Å². The fourth-order valence-electron chi connectivity index (χ4n) is 5.83. The lowest BCUT2D eigenvalue weighted by atomic mass is 9.58. The summed E-state index contributed by atoms with van der Waals surface area (Å²) in [6.45, 7) is 2.01. The molecule has 0 N–H and O–H groups in total. The molecular weight excluding hydrogens is 445 g/mol. The summed E-state index contributed by atoms with van der Waals surface area (Å²) in [6, 6.07) is 3.77. The molecule has 33 heavy (non-hydrogen) atoms. The van der Waals surface area contributed by atoms with E-state index < -0.39 is 40.9 Å². The lowest BCUT2D eigenvalue weighted by Gasteiger charge is -2.46. The van der Waals surface area contributed by atoms with E-state index in [1.165, 1.54) is 6.07 Å². The molecular formula is C26H25F7. The van der Waals surface area contributed by atoms with Crippen molar-refractivity contribution in [3.05, 3.63) is 81.9 Å². The number of benzene rings is 2. The van der Waals surface area contributed by atoms with E-state index in [1.807, 2.05) is 19.1 Å². The van der Waals surface area contributed by atoms with Crippen LogP contribution in [-0.4, -0.2) is 0 Å². The van der Waals surface area contributed by atoms with Gasteiger partial charge in [-0.25, -0.2) is 17.6 Å². The van der Waals surface area contributed by atoms with E-state index in [0.29, 0.717) is 36.8 Å². The number of halogens is 7. The van der Waals surface area contributed by atoms with Crippen molar-refractivity contribution >= 4 is 0 Å². The molecule has 178 valence electrons. The Hall–Kier alpha value is -2.31. The molecule has 0 amide bonds. The maximum Gasteiger partial charge on any atom is 0.422 e. The number of hydrogen-bond acceptors (Lipinski definition) is 0. The minimum absolute atomic E-state index is 0.131. The van der Waals surface area contributed by atoms with E-state index in [9.17, 15) is 30.7 Å². The Kier molecular flexibility index (Phi) is 6.61. The quantitative estimate of drug-likeness (QED) is 0.311. The molecule has 0 unspecified atom stereocenters. The van der Waals surface area contributed by atoms with Crippen molar-refractivity contribution in [2.75, 3.05) is 0 Å². The van der Waals surface area contributed by atoms with Gasteiger partial charge in [-0.15, -0.1) is 0 Å². The molecule has 1 fully saturated rings. The molecule has 4 rings (SSSR count). The fraction of sp³-hybridized carbons (Fsp3) is 0.462. The van der Waals surface area contributed by atoms with Gasteiger partial charge < -0.3 is 0 Å². The molecule has 7 heteroatoms. The largest absolute Gasteiger partial charge is 0.422 e. The smallest absolute Gasteiger partial charge is 0.207 e. The zero-order valence-corrected chi connectivity index (χ0v) is 18.2. The first-order chi connectivity index (χ1) is 15.6. The van der Waals surface area contributed by atoms with Crippen LogP contribution in [0.1, 0.15) is 73.1 Å². The summed E-state index contributed by atoms with van der Waals surface area (Å²) in [7, 11) is 0. The Bertz CT molecular complexity index is 1030. The molecule has 0 radical (unpaired) electrons. The molecule has 0 nitrogen and oxygen atoms in total. The predicted octanol–water partition coefficient (Wildman–Crippen LogP) is 8.46. The SMILES string of the molecule is CCCC=C[C@@H]1CC[C@H]2c3cc(F)cc(F)c3CC[C@@H]2[C@H]1c1cc(F)c(C(F)(F)F)c(F)c1. The average Bonchev–Trinajstić information content (AvgIpc) is 2.71. The van der Waals surface area contributed by atoms with Crippen LogP contribution in [0.15, 0.2) is 36.4 Å². The van der Waals surface area contributed by atoms with Gasteiger partial charge in [0.15, 0.2) is 0 Å². The molecule has 0 aliphatic heterocycles. The van der Waals surface area contributed by atoms with E-state index in [2.05, 4.69) is 0 Å². The monoisotopic (exact) mass is 470 g/mol. The summed E-state index contributed by atoms with van der Waals surface area (Å²) in [6.07, 6.45) is 2.66. The van der Waals surface area contributed by atoms with Gasteiger partial charge in [0.25, 0.3) is 0 Å². The summed E-state index contributed by atoms with van der Waals surface area (Å²) in [5.41, 5.74) is -0.701. The Morgan fingerprint density at radius 3 is 2.24 bits per heavy atom. The van der Waals surface area contributed by atoms with Crippen LogP contribution in [0.25, 0.3) is 0 Å². The summed E-state index contributed by atoms with van der Waals surface area (Å²) < 4.78 is 96.7. The van der Waals surface area contributed by atoms with Gasteiger partial charge in [0.1, 0.15) is 28.8 Å². The van der Waals surface area contributed by atoms with Crippen LogP contribution in [0, 0.1) is 35.1 Å². The van der Waals surface area contributed by atoms with Crippen molar-refractivity contribution in [3.8, 4) is 0 Å². The number of rotatable bonds is 4. The summed E-state index contributed by atoms with van der Waals surface area (Å²) in [5.74, 6) is -5.56. The number of alkyl halides is 3. The Balaban J connectivity index is 1.80. The van der Waals surface area contributed by atoms with E-state index in [1.54, 1.807) is 0 Å². The maximum absolute atomic E-state index is 14.5. The molecule has 1 saturated carbocycles. The van der Waals surface area contributed by atoms with Crippen LogP contribution < -0.4 is 0 Å². The third-order valence-electron chi connectivity index (χ3n) is 7.14. The van der Waals surface area contributed by atoms with Crippen LogP contribution in [0.2, 0.25) is 0 Å². The van der Waals surface area contributed by atoms with Crippen molar-refractivity contribution in [3.63, 3.8) is 0 Å². The van der Waals surface area contributed by atoms with Gasteiger partial charge >= 0.3 is 6.18 Å². The Morgan fingerprint density at radius 2 is 1.61 bits per heavy atom.